The van der Waals surface area contributed by atoms with Crippen molar-refractivity contribution < 1.29 is 18.0 Å². The minimum Gasteiger partial charge on any atom is -0.326 e. The molecule has 7 heteroatoms. The molecule has 1 atom stereocenters. The van der Waals surface area contributed by atoms with Gasteiger partial charge >= 0.3 is 12.2 Å². The van der Waals surface area contributed by atoms with Crippen molar-refractivity contribution >= 4 is 11.7 Å². The summed E-state index contributed by atoms with van der Waals surface area (Å²) in [6.45, 7) is 1.91. The van der Waals surface area contributed by atoms with Gasteiger partial charge in [0.1, 0.15) is 0 Å². The summed E-state index contributed by atoms with van der Waals surface area (Å²) in [5.41, 5.74) is -0.513. The third-order valence-corrected chi connectivity index (χ3v) is 2.58. The van der Waals surface area contributed by atoms with Crippen LogP contribution in [-0.4, -0.2) is 24.5 Å². The number of carbonyl (C=O) groups excluding carboxylic acids is 1. The molecule has 0 aliphatic rings. The molecule has 0 bridgehead atoms. The molecule has 0 radical (unpaired) electrons. The van der Waals surface area contributed by atoms with Crippen LogP contribution in [0.4, 0.5) is 23.7 Å². The summed E-state index contributed by atoms with van der Waals surface area (Å²) in [7, 11) is 1.51. The minimum absolute atomic E-state index is 0.239. The fraction of sp³-hybridized carbons (Fsp3) is 0.385. The van der Waals surface area contributed by atoms with Crippen molar-refractivity contribution in [2.24, 2.45) is 5.92 Å². The van der Waals surface area contributed by atoms with Crippen LogP contribution in [0.5, 0.6) is 0 Å². The summed E-state index contributed by atoms with van der Waals surface area (Å²) < 4.78 is 37.1. The second-order valence-electron chi connectivity index (χ2n) is 4.42. The zero-order chi connectivity index (χ0) is 15.3. The molecule has 0 saturated carbocycles. The molecule has 20 heavy (non-hydrogen) atoms. The van der Waals surface area contributed by atoms with Gasteiger partial charge in [0.2, 0.25) is 0 Å². The van der Waals surface area contributed by atoms with Crippen molar-refractivity contribution in [1.29, 1.82) is 5.26 Å². The number of anilines is 1. The van der Waals surface area contributed by atoms with E-state index in [-0.39, 0.29) is 18.2 Å². The number of urea groups is 1. The average molecular weight is 285 g/mol. The molecule has 0 fully saturated rings. The highest BCUT2D eigenvalue weighted by Gasteiger charge is 2.30. The molecular formula is C13H14F3N3O. The molecule has 0 aliphatic carbocycles. The smallest absolute Gasteiger partial charge is 0.326 e. The van der Waals surface area contributed by atoms with Crippen LogP contribution in [-0.2, 0) is 6.18 Å². The number of nitriles is 1. The molecule has 0 spiro atoms. The molecule has 4 nitrogen and oxygen atoms in total. The van der Waals surface area contributed by atoms with Gasteiger partial charge in [-0.3, -0.25) is 0 Å². The Morgan fingerprint density at radius 3 is 2.40 bits per heavy atom. The van der Waals surface area contributed by atoms with Crippen LogP contribution >= 0.6 is 0 Å². The van der Waals surface area contributed by atoms with Gasteiger partial charge in [0, 0.05) is 19.3 Å². The predicted molar refractivity (Wildman–Crippen MR) is 67.9 cm³/mol. The first-order chi connectivity index (χ1) is 9.24. The van der Waals surface area contributed by atoms with E-state index in [0.29, 0.717) is 0 Å². The summed E-state index contributed by atoms with van der Waals surface area (Å²) in [5, 5.41) is 11.1. The van der Waals surface area contributed by atoms with Gasteiger partial charge in [0.05, 0.1) is 17.6 Å². The van der Waals surface area contributed by atoms with Gasteiger partial charge in [-0.15, -0.1) is 0 Å². The van der Waals surface area contributed by atoms with Crippen LogP contribution in [0.15, 0.2) is 24.3 Å². The molecule has 0 heterocycles. The van der Waals surface area contributed by atoms with E-state index < -0.39 is 17.8 Å². The van der Waals surface area contributed by atoms with Crippen molar-refractivity contribution in [3.05, 3.63) is 29.8 Å². The molecule has 1 rings (SSSR count). The first kappa shape index (κ1) is 15.8. The molecule has 1 N–H and O–H groups in total. The number of carbonyl (C=O) groups is 1. The molecule has 2 amide bonds. The fourth-order valence-electron chi connectivity index (χ4n) is 1.50. The van der Waals surface area contributed by atoms with Crippen LogP contribution in [0.25, 0.3) is 0 Å². The Balaban J connectivity index is 2.65. The van der Waals surface area contributed by atoms with Crippen molar-refractivity contribution in [1.82, 2.24) is 4.90 Å². The second kappa shape index (κ2) is 6.28. The third kappa shape index (κ3) is 4.46. The molecule has 1 aromatic carbocycles. The van der Waals surface area contributed by atoms with Gasteiger partial charge in [-0.2, -0.15) is 18.4 Å². The van der Waals surface area contributed by atoms with Crippen LogP contribution in [0.2, 0.25) is 0 Å². The number of hydrogen-bond donors (Lipinski definition) is 1. The molecule has 1 aromatic rings. The maximum Gasteiger partial charge on any atom is 0.416 e. The van der Waals surface area contributed by atoms with Crippen LogP contribution in [0.1, 0.15) is 12.5 Å². The molecule has 1 unspecified atom stereocenters. The van der Waals surface area contributed by atoms with E-state index in [1.54, 1.807) is 6.92 Å². The van der Waals surface area contributed by atoms with Crippen molar-refractivity contribution in [3.8, 4) is 6.07 Å². The highest BCUT2D eigenvalue weighted by molar-refractivity contribution is 5.89. The van der Waals surface area contributed by atoms with E-state index in [1.165, 1.54) is 24.1 Å². The average Bonchev–Trinajstić information content (AvgIpc) is 2.38. The number of nitrogens with zero attached hydrogens (tertiary/aromatic N) is 2. The third-order valence-electron chi connectivity index (χ3n) is 2.58. The van der Waals surface area contributed by atoms with Crippen molar-refractivity contribution in [2.75, 3.05) is 18.9 Å². The number of benzene rings is 1. The van der Waals surface area contributed by atoms with E-state index in [2.05, 4.69) is 5.32 Å². The standard InChI is InChI=1S/C13H14F3N3O/c1-9(7-17)8-19(2)12(20)18-11-5-3-10(4-6-11)13(14,15)16/h3-6,9H,8H2,1-2H3,(H,18,20). The van der Waals surface area contributed by atoms with Crippen LogP contribution in [0.3, 0.4) is 0 Å². The number of amides is 2. The number of hydrogen-bond acceptors (Lipinski definition) is 2. The van der Waals surface area contributed by atoms with Gasteiger partial charge in [0.25, 0.3) is 0 Å². The Morgan fingerprint density at radius 1 is 1.40 bits per heavy atom. The zero-order valence-electron chi connectivity index (χ0n) is 11.0. The maximum atomic E-state index is 12.4. The highest BCUT2D eigenvalue weighted by atomic mass is 19.4. The van der Waals surface area contributed by atoms with Gasteiger partial charge < -0.3 is 10.2 Å². The van der Waals surface area contributed by atoms with E-state index in [4.69, 9.17) is 5.26 Å². The lowest BCUT2D eigenvalue weighted by atomic mass is 10.2. The molecular weight excluding hydrogens is 271 g/mol. The van der Waals surface area contributed by atoms with E-state index in [0.717, 1.165) is 12.1 Å². The number of nitrogens with one attached hydrogen (secondary N) is 1. The lowest BCUT2D eigenvalue weighted by Crippen LogP contribution is -2.34. The Morgan fingerprint density at radius 2 is 1.95 bits per heavy atom. The number of rotatable bonds is 3. The van der Waals surface area contributed by atoms with Gasteiger partial charge in [-0.1, -0.05) is 0 Å². The lowest BCUT2D eigenvalue weighted by Gasteiger charge is -2.19. The summed E-state index contributed by atoms with van der Waals surface area (Å²) in [4.78, 5) is 13.0. The zero-order valence-corrected chi connectivity index (χ0v) is 11.0. The van der Waals surface area contributed by atoms with Crippen molar-refractivity contribution in [2.45, 2.75) is 13.1 Å². The van der Waals surface area contributed by atoms with Crippen molar-refractivity contribution in [3.63, 3.8) is 0 Å². The largest absolute Gasteiger partial charge is 0.416 e. The van der Waals surface area contributed by atoms with E-state index in [9.17, 15) is 18.0 Å². The predicted octanol–water partition coefficient (Wildman–Crippen LogP) is 3.33. The first-order valence-electron chi connectivity index (χ1n) is 5.83. The Labute approximate surface area is 114 Å². The monoisotopic (exact) mass is 285 g/mol. The topological polar surface area (TPSA) is 56.1 Å². The Kier molecular flexibility index (Phi) is 4.97. The quantitative estimate of drug-likeness (QED) is 0.926. The second-order valence-corrected chi connectivity index (χ2v) is 4.42. The molecule has 0 saturated heterocycles. The number of alkyl halides is 3. The molecule has 0 aliphatic heterocycles. The van der Waals surface area contributed by atoms with Crippen LogP contribution in [0, 0.1) is 17.2 Å². The Hall–Kier alpha value is -2.23. The summed E-state index contributed by atoms with van der Waals surface area (Å²) in [6.07, 6.45) is -4.40. The summed E-state index contributed by atoms with van der Waals surface area (Å²) in [6, 6.07) is 5.67. The first-order valence-corrected chi connectivity index (χ1v) is 5.83. The minimum atomic E-state index is -4.40. The highest BCUT2D eigenvalue weighted by Crippen LogP contribution is 2.29. The van der Waals surface area contributed by atoms with E-state index in [1.807, 2.05) is 6.07 Å². The van der Waals surface area contributed by atoms with Crippen LogP contribution < -0.4 is 5.32 Å². The lowest BCUT2D eigenvalue weighted by molar-refractivity contribution is -0.137. The van der Waals surface area contributed by atoms with Gasteiger partial charge in [-0.05, 0) is 31.2 Å². The Bertz CT molecular complexity index is 505. The SMILES string of the molecule is CC(C#N)CN(C)C(=O)Nc1ccc(C(F)(F)F)cc1. The molecule has 108 valence electrons. The van der Waals surface area contributed by atoms with Gasteiger partial charge in [0.15, 0.2) is 0 Å². The van der Waals surface area contributed by atoms with Gasteiger partial charge in [-0.25, -0.2) is 4.79 Å². The fourth-order valence-corrected chi connectivity index (χ4v) is 1.50. The number of halogens is 3. The molecule has 0 aromatic heterocycles. The summed E-state index contributed by atoms with van der Waals surface area (Å²) in [5.74, 6) is -0.321. The maximum absolute atomic E-state index is 12.4. The van der Waals surface area contributed by atoms with E-state index >= 15 is 0 Å². The normalized spacial score (nSPS) is 12.4. The summed E-state index contributed by atoms with van der Waals surface area (Å²) >= 11 is 0.